The molecule has 0 radical (unpaired) electrons. The molecule has 134 valence electrons. The molecule has 2 aromatic rings. The smallest absolute Gasteiger partial charge is 0.260 e. The van der Waals surface area contributed by atoms with Crippen molar-refractivity contribution in [3.8, 4) is 5.75 Å². The minimum absolute atomic E-state index is 0.0234. The van der Waals surface area contributed by atoms with Crippen molar-refractivity contribution >= 4 is 21.6 Å². The second kappa shape index (κ2) is 5.66. The van der Waals surface area contributed by atoms with Gasteiger partial charge in [0.1, 0.15) is 10.6 Å². The minimum Gasteiger partial charge on any atom is -0.492 e. The van der Waals surface area contributed by atoms with Gasteiger partial charge in [-0.2, -0.15) is 9.29 Å². The Morgan fingerprint density at radius 3 is 2.92 bits per heavy atom. The van der Waals surface area contributed by atoms with Gasteiger partial charge in [-0.05, 0) is 19.1 Å². The zero-order chi connectivity index (χ0) is 17.8. The highest BCUT2D eigenvalue weighted by atomic mass is 35.5. The Morgan fingerprint density at radius 1 is 1.40 bits per heavy atom. The van der Waals surface area contributed by atoms with Crippen molar-refractivity contribution in [1.82, 2.24) is 14.4 Å². The average molecular weight is 386 g/mol. The predicted octanol–water partition coefficient (Wildman–Crippen LogP) is 1.25. The van der Waals surface area contributed by atoms with Crippen LogP contribution in [0.3, 0.4) is 0 Å². The number of halogens is 1. The van der Waals surface area contributed by atoms with E-state index in [1.807, 2.05) is 0 Å². The molecule has 10 heteroatoms. The number of β-amino-alcohol motifs (C(OH)–C–C–N with tert-alkyl or cyclic N) is 1. The lowest BCUT2D eigenvalue weighted by Crippen LogP contribution is -2.34. The number of hydrogen-bond donors (Lipinski definition) is 1. The van der Waals surface area contributed by atoms with Gasteiger partial charge in [-0.25, -0.2) is 8.42 Å². The summed E-state index contributed by atoms with van der Waals surface area (Å²) in [5.74, 6) is 0.745. The Hall–Kier alpha value is -1.68. The van der Waals surface area contributed by atoms with Gasteiger partial charge in [0.05, 0.1) is 13.2 Å². The van der Waals surface area contributed by atoms with Crippen LogP contribution in [0.2, 0.25) is 5.02 Å². The van der Waals surface area contributed by atoms with Crippen molar-refractivity contribution in [3.05, 3.63) is 34.4 Å². The molecule has 0 saturated carbocycles. The fourth-order valence-electron chi connectivity index (χ4n) is 3.19. The monoisotopic (exact) mass is 385 g/mol. The molecule has 1 aromatic carbocycles. The maximum atomic E-state index is 13.1. The van der Waals surface area contributed by atoms with Crippen molar-refractivity contribution in [2.24, 2.45) is 0 Å². The van der Waals surface area contributed by atoms with Crippen molar-refractivity contribution in [1.29, 1.82) is 0 Å². The highest BCUT2D eigenvalue weighted by Gasteiger charge is 2.47. The summed E-state index contributed by atoms with van der Waals surface area (Å²) in [5, 5.41) is 14.7. The van der Waals surface area contributed by atoms with Crippen LogP contribution in [-0.2, 0) is 22.0 Å². The first-order valence-corrected chi connectivity index (χ1v) is 9.60. The van der Waals surface area contributed by atoms with E-state index >= 15 is 0 Å². The lowest BCUT2D eigenvalue weighted by atomic mass is 10.0. The summed E-state index contributed by atoms with van der Waals surface area (Å²) < 4.78 is 37.9. The summed E-state index contributed by atoms with van der Waals surface area (Å²) in [5.41, 5.74) is -0.732. The molecule has 2 aliphatic heterocycles. The Kier molecular flexibility index (Phi) is 3.80. The topological polar surface area (TPSA) is 106 Å². The molecule has 3 heterocycles. The number of aliphatic hydroxyl groups is 1. The van der Waals surface area contributed by atoms with E-state index in [4.69, 9.17) is 20.9 Å². The van der Waals surface area contributed by atoms with Gasteiger partial charge in [-0.1, -0.05) is 16.8 Å². The van der Waals surface area contributed by atoms with Gasteiger partial charge in [-0.15, -0.1) is 0 Å². The molecule has 1 unspecified atom stereocenters. The first-order chi connectivity index (χ1) is 11.8. The second-order valence-electron chi connectivity index (χ2n) is 6.26. The van der Waals surface area contributed by atoms with Crippen LogP contribution in [0, 0.1) is 6.92 Å². The molecule has 8 nitrogen and oxygen atoms in total. The number of nitrogens with zero attached hydrogens (tertiary/aromatic N) is 3. The molecule has 0 spiro atoms. The zero-order valence-electron chi connectivity index (χ0n) is 13.4. The fourth-order valence-corrected chi connectivity index (χ4v) is 5.19. The van der Waals surface area contributed by atoms with Crippen molar-refractivity contribution < 1.29 is 22.8 Å². The molecule has 1 saturated heterocycles. The van der Waals surface area contributed by atoms with Gasteiger partial charge in [0, 0.05) is 30.0 Å². The molecule has 0 aliphatic carbocycles. The van der Waals surface area contributed by atoms with Crippen molar-refractivity contribution in [3.63, 3.8) is 0 Å². The zero-order valence-corrected chi connectivity index (χ0v) is 15.0. The van der Waals surface area contributed by atoms with Crippen LogP contribution in [0.4, 0.5) is 0 Å². The third-order valence-electron chi connectivity index (χ3n) is 4.47. The van der Waals surface area contributed by atoms with Crippen LogP contribution in [0.25, 0.3) is 0 Å². The standard InChI is InChI=1S/C15H16ClN3O5S/c1-9-17-14(24-18-9)15(20)3-4-19(8-15)25(21,22)12-7-11(16)6-10-2-5-23-13(10)12/h6-7,20H,2-5,8H2,1H3. The summed E-state index contributed by atoms with van der Waals surface area (Å²) in [7, 11) is -3.88. The number of fused-ring (bicyclic) bond motifs is 1. The Balaban J connectivity index is 1.69. The van der Waals surface area contributed by atoms with E-state index in [0.717, 1.165) is 5.56 Å². The number of aryl methyl sites for hydroxylation is 1. The Labute approximate surface area is 149 Å². The number of benzene rings is 1. The molecule has 1 atom stereocenters. The SMILES string of the molecule is Cc1noc(C2(O)CCN(S(=O)(=O)c3cc(Cl)cc4c3OCC4)C2)n1. The summed E-state index contributed by atoms with van der Waals surface area (Å²) >= 11 is 6.07. The first kappa shape index (κ1) is 16.8. The molecule has 0 bridgehead atoms. The van der Waals surface area contributed by atoms with Crippen LogP contribution >= 0.6 is 11.6 Å². The lowest BCUT2D eigenvalue weighted by Gasteiger charge is -2.20. The Bertz CT molecular complexity index is 945. The molecule has 4 rings (SSSR count). The molecule has 2 aliphatic rings. The summed E-state index contributed by atoms with van der Waals surface area (Å²) in [6.07, 6.45) is 0.779. The second-order valence-corrected chi connectivity index (χ2v) is 8.60. The molecule has 0 amide bonds. The fraction of sp³-hybridized carbons (Fsp3) is 0.467. The van der Waals surface area contributed by atoms with Gasteiger partial charge in [0.25, 0.3) is 5.89 Å². The normalized spacial score (nSPS) is 23.6. The summed E-state index contributed by atoms with van der Waals surface area (Å²) in [4.78, 5) is 4.06. The number of aromatic nitrogens is 2. The summed E-state index contributed by atoms with van der Waals surface area (Å²) in [6.45, 7) is 2.01. The number of ether oxygens (including phenoxy) is 1. The quantitative estimate of drug-likeness (QED) is 0.847. The van der Waals surface area contributed by atoms with E-state index in [9.17, 15) is 13.5 Å². The van der Waals surface area contributed by atoms with E-state index in [2.05, 4.69) is 10.1 Å². The molecular formula is C15H16ClN3O5S. The third kappa shape index (κ3) is 2.71. The van der Waals surface area contributed by atoms with E-state index < -0.39 is 15.6 Å². The Morgan fingerprint density at radius 2 is 2.20 bits per heavy atom. The van der Waals surface area contributed by atoms with Crippen molar-refractivity contribution in [2.45, 2.75) is 30.3 Å². The van der Waals surface area contributed by atoms with E-state index in [1.165, 1.54) is 10.4 Å². The minimum atomic E-state index is -3.88. The highest BCUT2D eigenvalue weighted by Crippen LogP contribution is 2.40. The van der Waals surface area contributed by atoms with Gasteiger partial charge < -0.3 is 14.4 Å². The molecule has 1 fully saturated rings. The summed E-state index contributed by atoms with van der Waals surface area (Å²) in [6, 6.07) is 3.10. The van der Waals surface area contributed by atoms with Crippen LogP contribution in [0.5, 0.6) is 5.75 Å². The van der Waals surface area contributed by atoms with Gasteiger partial charge in [-0.3, -0.25) is 0 Å². The van der Waals surface area contributed by atoms with Gasteiger partial charge in [0.2, 0.25) is 10.0 Å². The van der Waals surface area contributed by atoms with Crippen LogP contribution in [-0.4, -0.2) is 47.7 Å². The molecule has 1 aromatic heterocycles. The number of rotatable bonds is 3. The van der Waals surface area contributed by atoms with Crippen LogP contribution < -0.4 is 4.74 Å². The van der Waals surface area contributed by atoms with Crippen molar-refractivity contribution in [2.75, 3.05) is 19.7 Å². The maximum absolute atomic E-state index is 13.1. The van der Waals surface area contributed by atoms with Gasteiger partial charge >= 0.3 is 0 Å². The lowest BCUT2D eigenvalue weighted by molar-refractivity contribution is 0.0194. The molecule has 1 N–H and O–H groups in total. The van der Waals surface area contributed by atoms with E-state index in [0.29, 0.717) is 29.6 Å². The number of hydrogen-bond acceptors (Lipinski definition) is 7. The molecule has 25 heavy (non-hydrogen) atoms. The number of sulfonamides is 1. The highest BCUT2D eigenvalue weighted by molar-refractivity contribution is 7.89. The third-order valence-corrected chi connectivity index (χ3v) is 6.54. The van der Waals surface area contributed by atoms with E-state index in [1.54, 1.807) is 13.0 Å². The van der Waals surface area contributed by atoms with Gasteiger partial charge in [0.15, 0.2) is 11.4 Å². The predicted molar refractivity (Wildman–Crippen MR) is 87.0 cm³/mol. The maximum Gasteiger partial charge on any atom is 0.260 e. The van der Waals surface area contributed by atoms with E-state index in [-0.39, 0.29) is 30.3 Å². The molecular weight excluding hydrogens is 370 g/mol. The largest absolute Gasteiger partial charge is 0.492 e. The first-order valence-electron chi connectivity index (χ1n) is 7.78. The average Bonchev–Trinajstić information content (AvgIpc) is 3.26. The van der Waals surface area contributed by atoms with Crippen LogP contribution in [0.1, 0.15) is 23.7 Å². The van der Waals surface area contributed by atoms with Crippen LogP contribution in [0.15, 0.2) is 21.6 Å².